The molecule has 0 saturated heterocycles. The van der Waals surface area contributed by atoms with Crippen LogP contribution < -0.4 is 4.74 Å². The Morgan fingerprint density at radius 1 is 0.731 bits per heavy atom. The van der Waals surface area contributed by atoms with Crippen molar-refractivity contribution in [2.75, 3.05) is 0 Å². The molecule has 2 heteroatoms. The Morgan fingerprint density at radius 3 is 1.73 bits per heavy atom. The van der Waals surface area contributed by atoms with Crippen molar-refractivity contribution in [3.05, 3.63) is 72.8 Å². The Morgan fingerprint density at radius 2 is 1.23 bits per heavy atom. The number of hydrogen-bond donors (Lipinski definition) is 1. The fourth-order valence-corrected chi connectivity index (χ4v) is 2.04. The fourth-order valence-electron chi connectivity index (χ4n) is 2.04. The molecule has 0 aliphatic rings. The Balaban J connectivity index is 0.000000255. The van der Waals surface area contributed by atoms with Gasteiger partial charge in [0.1, 0.15) is 17.1 Å². The monoisotopic (exact) mass is 352 g/mol. The third kappa shape index (κ3) is 9.12. The lowest BCUT2D eigenvalue weighted by atomic mass is 10.1. The van der Waals surface area contributed by atoms with E-state index >= 15 is 0 Å². The van der Waals surface area contributed by atoms with Crippen LogP contribution in [0.25, 0.3) is 10.8 Å². The fraction of sp³-hybridized carbons (Fsp3) is 0.333. The predicted octanol–water partition coefficient (Wildman–Crippen LogP) is 7.07. The maximum Gasteiger partial charge on any atom is 0.127 e. The molecule has 3 aromatic rings. The van der Waals surface area contributed by atoms with Crippen LogP contribution in [-0.2, 0) is 0 Å². The lowest BCUT2D eigenvalue weighted by Gasteiger charge is -2.22. The van der Waals surface area contributed by atoms with Crippen LogP contribution >= 0.6 is 0 Å². The summed E-state index contributed by atoms with van der Waals surface area (Å²) < 4.78 is 5.91. The number of rotatable bonds is 1. The Hall–Kier alpha value is -2.48. The molecule has 0 aliphatic carbocycles. The van der Waals surface area contributed by atoms with Crippen molar-refractivity contribution in [1.82, 2.24) is 0 Å². The summed E-state index contributed by atoms with van der Waals surface area (Å²) >= 11 is 0. The van der Waals surface area contributed by atoms with Gasteiger partial charge in [0.2, 0.25) is 0 Å². The maximum atomic E-state index is 8.63. The summed E-state index contributed by atoms with van der Waals surface area (Å²) in [5, 5.41) is 11.0. The van der Waals surface area contributed by atoms with E-state index in [1.165, 1.54) is 10.8 Å². The molecule has 3 aromatic carbocycles. The summed E-state index contributed by atoms with van der Waals surface area (Å²) in [6.07, 6.45) is 0. The van der Waals surface area contributed by atoms with Crippen LogP contribution in [0.1, 0.15) is 41.5 Å². The van der Waals surface area contributed by atoms with Crippen molar-refractivity contribution in [3.8, 4) is 11.5 Å². The first-order chi connectivity index (χ1) is 12.2. The van der Waals surface area contributed by atoms with Gasteiger partial charge in [0.05, 0.1) is 0 Å². The van der Waals surface area contributed by atoms with E-state index in [2.05, 4.69) is 59.7 Å². The van der Waals surface area contributed by atoms with E-state index < -0.39 is 0 Å². The molecule has 0 aromatic heterocycles. The van der Waals surface area contributed by atoms with E-state index in [4.69, 9.17) is 9.84 Å². The zero-order chi connectivity index (χ0) is 19.6. The van der Waals surface area contributed by atoms with E-state index in [0.717, 1.165) is 11.7 Å². The second-order valence-corrected chi connectivity index (χ2v) is 7.76. The minimum absolute atomic E-state index is 0.149. The van der Waals surface area contributed by atoms with Crippen LogP contribution in [0.4, 0.5) is 0 Å². The minimum Gasteiger partial charge on any atom is -0.508 e. The SMILES string of the molecule is CC(C)(C)Oc1cccc2ccccc12.CC(C)C.Oc1ccccc1. The summed E-state index contributed by atoms with van der Waals surface area (Å²) in [5.74, 6) is 2.11. The summed E-state index contributed by atoms with van der Waals surface area (Å²) in [7, 11) is 0. The molecule has 140 valence electrons. The Bertz CT molecular complexity index is 748. The second-order valence-electron chi connectivity index (χ2n) is 7.76. The third-order valence-electron chi connectivity index (χ3n) is 2.92. The number of hydrogen-bond acceptors (Lipinski definition) is 2. The van der Waals surface area contributed by atoms with Crippen LogP contribution in [0.15, 0.2) is 72.8 Å². The lowest BCUT2D eigenvalue weighted by molar-refractivity contribution is 0.133. The smallest absolute Gasteiger partial charge is 0.127 e. The van der Waals surface area contributed by atoms with Gasteiger partial charge in [-0.25, -0.2) is 0 Å². The van der Waals surface area contributed by atoms with Crippen molar-refractivity contribution < 1.29 is 9.84 Å². The molecule has 3 rings (SSSR count). The molecule has 0 saturated carbocycles. The van der Waals surface area contributed by atoms with Crippen LogP contribution in [0.3, 0.4) is 0 Å². The molecule has 0 atom stereocenters. The van der Waals surface area contributed by atoms with Gasteiger partial charge < -0.3 is 9.84 Å². The largest absolute Gasteiger partial charge is 0.508 e. The van der Waals surface area contributed by atoms with Gasteiger partial charge in [0.15, 0.2) is 0 Å². The number of phenols is 1. The molecule has 0 heterocycles. The van der Waals surface area contributed by atoms with Crippen LogP contribution in [-0.4, -0.2) is 10.7 Å². The molecule has 26 heavy (non-hydrogen) atoms. The number of para-hydroxylation sites is 1. The number of aromatic hydroxyl groups is 1. The zero-order valence-corrected chi connectivity index (χ0v) is 16.9. The van der Waals surface area contributed by atoms with E-state index in [9.17, 15) is 0 Å². The first-order valence-electron chi connectivity index (χ1n) is 9.10. The van der Waals surface area contributed by atoms with Gasteiger partial charge in [-0.2, -0.15) is 0 Å². The topological polar surface area (TPSA) is 29.5 Å². The van der Waals surface area contributed by atoms with Gasteiger partial charge in [0, 0.05) is 5.39 Å². The van der Waals surface area contributed by atoms with Crippen LogP contribution in [0, 0.1) is 5.92 Å². The number of benzene rings is 3. The summed E-state index contributed by atoms with van der Waals surface area (Å²) in [6, 6.07) is 23.1. The number of ether oxygens (including phenoxy) is 1. The van der Waals surface area contributed by atoms with E-state index in [-0.39, 0.29) is 5.60 Å². The summed E-state index contributed by atoms with van der Waals surface area (Å²) in [6.45, 7) is 12.7. The summed E-state index contributed by atoms with van der Waals surface area (Å²) in [4.78, 5) is 0. The van der Waals surface area contributed by atoms with Gasteiger partial charge >= 0.3 is 0 Å². The van der Waals surface area contributed by atoms with Crippen molar-refractivity contribution in [3.63, 3.8) is 0 Å². The van der Waals surface area contributed by atoms with Crippen molar-refractivity contribution >= 4 is 10.8 Å². The molecule has 0 bridgehead atoms. The van der Waals surface area contributed by atoms with Crippen LogP contribution in [0.5, 0.6) is 11.5 Å². The molecular formula is C24H32O2. The highest BCUT2D eigenvalue weighted by molar-refractivity contribution is 5.88. The number of phenolic OH excluding ortho intramolecular Hbond substituents is 1. The average Bonchev–Trinajstić information content (AvgIpc) is 2.55. The molecule has 0 amide bonds. The standard InChI is InChI=1S/C14H16O.C6H6O.C4H10/c1-14(2,3)15-13-10-6-8-11-7-4-5-9-12(11)13;7-6-4-2-1-3-5-6;1-4(2)3/h4-10H,1-3H3;1-5,7H;4H,1-3H3. The predicted molar refractivity (Wildman–Crippen MR) is 113 cm³/mol. The molecular weight excluding hydrogens is 320 g/mol. The van der Waals surface area contributed by atoms with Crippen molar-refractivity contribution in [2.24, 2.45) is 5.92 Å². The maximum absolute atomic E-state index is 8.63. The quantitative estimate of drug-likeness (QED) is 0.507. The molecule has 0 spiro atoms. The first-order valence-corrected chi connectivity index (χ1v) is 9.10. The van der Waals surface area contributed by atoms with Gasteiger partial charge in [-0.05, 0) is 50.3 Å². The van der Waals surface area contributed by atoms with Crippen molar-refractivity contribution in [2.45, 2.75) is 47.1 Å². The zero-order valence-electron chi connectivity index (χ0n) is 16.9. The van der Waals surface area contributed by atoms with Crippen molar-refractivity contribution in [1.29, 1.82) is 0 Å². The molecule has 1 N–H and O–H groups in total. The van der Waals surface area contributed by atoms with Gasteiger partial charge in [0.25, 0.3) is 0 Å². The molecule has 0 fully saturated rings. The van der Waals surface area contributed by atoms with E-state index in [0.29, 0.717) is 5.75 Å². The Labute approximate surface area is 158 Å². The lowest BCUT2D eigenvalue weighted by Crippen LogP contribution is -2.23. The average molecular weight is 353 g/mol. The molecule has 2 nitrogen and oxygen atoms in total. The van der Waals surface area contributed by atoms with Crippen LogP contribution in [0.2, 0.25) is 0 Å². The van der Waals surface area contributed by atoms with Gasteiger partial charge in [-0.3, -0.25) is 0 Å². The minimum atomic E-state index is -0.149. The normalized spacial score (nSPS) is 10.4. The molecule has 0 aliphatic heterocycles. The Kier molecular flexibility index (Phi) is 8.71. The summed E-state index contributed by atoms with van der Waals surface area (Å²) in [5.41, 5.74) is -0.149. The highest BCUT2D eigenvalue weighted by atomic mass is 16.5. The number of fused-ring (bicyclic) bond motifs is 1. The van der Waals surface area contributed by atoms with Gasteiger partial charge in [-0.1, -0.05) is 75.4 Å². The molecule has 0 unspecified atom stereocenters. The highest BCUT2D eigenvalue weighted by Crippen LogP contribution is 2.28. The first kappa shape index (κ1) is 21.6. The second kappa shape index (κ2) is 10.5. The van der Waals surface area contributed by atoms with E-state index in [1.54, 1.807) is 24.3 Å². The third-order valence-corrected chi connectivity index (χ3v) is 2.92. The van der Waals surface area contributed by atoms with Gasteiger partial charge in [-0.15, -0.1) is 0 Å². The highest BCUT2D eigenvalue weighted by Gasteiger charge is 2.13. The molecule has 0 radical (unpaired) electrons. The van der Waals surface area contributed by atoms with E-state index in [1.807, 2.05) is 30.3 Å².